The molecule has 1 fully saturated rings. The van der Waals surface area contributed by atoms with Crippen LogP contribution in [-0.4, -0.2) is 19.7 Å². The van der Waals surface area contributed by atoms with Crippen LogP contribution in [-0.2, 0) is 6.42 Å². The van der Waals surface area contributed by atoms with Crippen LogP contribution < -0.4 is 10.1 Å². The second kappa shape index (κ2) is 5.17. The van der Waals surface area contributed by atoms with Gasteiger partial charge in [0.1, 0.15) is 5.75 Å². The lowest BCUT2D eigenvalue weighted by Crippen LogP contribution is -2.15. The molecular weight excluding hydrogens is 186 g/mol. The minimum atomic E-state index is 0.691. The molecule has 1 aromatic rings. The number of hydrogen-bond acceptors (Lipinski definition) is 2. The molecule has 1 aliphatic heterocycles. The van der Waals surface area contributed by atoms with Crippen LogP contribution in [0.1, 0.15) is 18.9 Å². The van der Waals surface area contributed by atoms with E-state index < -0.39 is 0 Å². The lowest BCUT2D eigenvalue weighted by molar-refractivity contribution is 0.260. The fourth-order valence-corrected chi connectivity index (χ4v) is 1.89. The molecule has 1 aliphatic rings. The Morgan fingerprint density at radius 3 is 2.73 bits per heavy atom. The number of hydrogen-bond donors (Lipinski definition) is 1. The summed E-state index contributed by atoms with van der Waals surface area (Å²) in [6.07, 6.45) is 2.33. The highest BCUT2D eigenvalue weighted by Gasteiger charge is 2.14. The molecule has 15 heavy (non-hydrogen) atoms. The monoisotopic (exact) mass is 205 g/mol. The summed E-state index contributed by atoms with van der Waals surface area (Å²) in [5.41, 5.74) is 1.37. The van der Waals surface area contributed by atoms with E-state index in [-0.39, 0.29) is 0 Å². The van der Waals surface area contributed by atoms with E-state index in [0.717, 1.165) is 31.9 Å². The maximum Gasteiger partial charge on any atom is 0.119 e. The van der Waals surface area contributed by atoms with Crippen molar-refractivity contribution >= 4 is 0 Å². The molecule has 0 saturated carbocycles. The maximum atomic E-state index is 5.75. The molecule has 2 rings (SSSR count). The molecule has 0 radical (unpaired) electrons. The van der Waals surface area contributed by atoms with Gasteiger partial charge in [-0.2, -0.15) is 0 Å². The topological polar surface area (TPSA) is 21.3 Å². The summed E-state index contributed by atoms with van der Waals surface area (Å²) in [7, 11) is 0. The van der Waals surface area contributed by atoms with Gasteiger partial charge in [-0.3, -0.25) is 0 Å². The quantitative estimate of drug-likeness (QED) is 0.814. The predicted octanol–water partition coefficient (Wildman–Crippen LogP) is 2.24. The SMILES string of the molecule is CCc1ccc(OC[C@H]2CCNC2)cc1. The van der Waals surface area contributed by atoms with E-state index in [9.17, 15) is 0 Å². The van der Waals surface area contributed by atoms with Gasteiger partial charge in [0, 0.05) is 12.5 Å². The van der Waals surface area contributed by atoms with E-state index in [4.69, 9.17) is 4.74 Å². The van der Waals surface area contributed by atoms with Gasteiger partial charge in [-0.05, 0) is 37.1 Å². The number of rotatable bonds is 4. The first-order valence-electron chi connectivity index (χ1n) is 5.81. The fourth-order valence-electron chi connectivity index (χ4n) is 1.89. The first-order chi connectivity index (χ1) is 7.38. The zero-order chi connectivity index (χ0) is 10.5. The molecule has 0 aromatic heterocycles. The van der Waals surface area contributed by atoms with Crippen molar-refractivity contribution in [2.45, 2.75) is 19.8 Å². The third kappa shape index (κ3) is 2.96. The number of aryl methyl sites for hydroxylation is 1. The summed E-state index contributed by atoms with van der Waals surface area (Å²) in [5, 5.41) is 3.35. The van der Waals surface area contributed by atoms with Gasteiger partial charge in [-0.25, -0.2) is 0 Å². The third-order valence-corrected chi connectivity index (χ3v) is 2.98. The Bertz CT molecular complexity index is 288. The van der Waals surface area contributed by atoms with Crippen molar-refractivity contribution < 1.29 is 4.74 Å². The van der Waals surface area contributed by atoms with Crippen molar-refractivity contribution in [3.8, 4) is 5.75 Å². The van der Waals surface area contributed by atoms with Crippen molar-refractivity contribution in [1.82, 2.24) is 5.32 Å². The van der Waals surface area contributed by atoms with Crippen LogP contribution in [0.3, 0.4) is 0 Å². The fraction of sp³-hybridized carbons (Fsp3) is 0.538. The zero-order valence-electron chi connectivity index (χ0n) is 9.33. The minimum absolute atomic E-state index is 0.691. The largest absolute Gasteiger partial charge is 0.493 e. The van der Waals surface area contributed by atoms with Crippen LogP contribution in [0.2, 0.25) is 0 Å². The van der Waals surface area contributed by atoms with E-state index in [0.29, 0.717) is 5.92 Å². The molecule has 1 heterocycles. The Morgan fingerprint density at radius 2 is 2.13 bits per heavy atom. The summed E-state index contributed by atoms with van der Waals surface area (Å²) in [5.74, 6) is 1.69. The molecule has 0 spiro atoms. The van der Waals surface area contributed by atoms with Crippen molar-refractivity contribution in [3.05, 3.63) is 29.8 Å². The molecular formula is C13H19NO. The van der Waals surface area contributed by atoms with Crippen molar-refractivity contribution in [1.29, 1.82) is 0 Å². The highest BCUT2D eigenvalue weighted by Crippen LogP contribution is 2.15. The summed E-state index contributed by atoms with van der Waals surface area (Å²) < 4.78 is 5.75. The lowest BCUT2D eigenvalue weighted by Gasteiger charge is -2.10. The lowest BCUT2D eigenvalue weighted by atomic mass is 10.1. The molecule has 0 unspecified atom stereocenters. The summed E-state index contributed by atoms with van der Waals surface area (Å²) in [6.45, 7) is 5.26. The molecule has 1 atom stereocenters. The van der Waals surface area contributed by atoms with Crippen LogP contribution in [0, 0.1) is 5.92 Å². The Balaban J connectivity index is 1.82. The highest BCUT2D eigenvalue weighted by molar-refractivity contribution is 5.27. The van der Waals surface area contributed by atoms with Gasteiger partial charge >= 0.3 is 0 Å². The molecule has 0 bridgehead atoms. The zero-order valence-corrected chi connectivity index (χ0v) is 9.33. The predicted molar refractivity (Wildman–Crippen MR) is 62.3 cm³/mol. The smallest absolute Gasteiger partial charge is 0.119 e. The average Bonchev–Trinajstić information content (AvgIpc) is 2.80. The Morgan fingerprint density at radius 1 is 1.33 bits per heavy atom. The van der Waals surface area contributed by atoms with E-state index in [2.05, 4.69) is 36.5 Å². The second-order valence-corrected chi connectivity index (χ2v) is 4.17. The Hall–Kier alpha value is -1.02. The van der Waals surface area contributed by atoms with E-state index in [1.54, 1.807) is 0 Å². The van der Waals surface area contributed by atoms with Crippen molar-refractivity contribution in [2.24, 2.45) is 5.92 Å². The van der Waals surface area contributed by atoms with Gasteiger partial charge in [-0.15, -0.1) is 0 Å². The first-order valence-corrected chi connectivity index (χ1v) is 5.81. The van der Waals surface area contributed by atoms with Crippen LogP contribution in [0.5, 0.6) is 5.75 Å². The Kier molecular flexibility index (Phi) is 3.62. The summed E-state index contributed by atoms with van der Waals surface area (Å²) in [6, 6.07) is 8.42. The van der Waals surface area contributed by atoms with Gasteiger partial charge in [0.15, 0.2) is 0 Å². The maximum absolute atomic E-state index is 5.75. The van der Waals surface area contributed by atoms with Crippen LogP contribution in [0.25, 0.3) is 0 Å². The highest BCUT2D eigenvalue weighted by atomic mass is 16.5. The van der Waals surface area contributed by atoms with Gasteiger partial charge in [-0.1, -0.05) is 19.1 Å². The first kappa shape index (κ1) is 10.5. The van der Waals surface area contributed by atoms with Gasteiger partial charge in [0.05, 0.1) is 6.61 Å². The molecule has 2 nitrogen and oxygen atoms in total. The molecule has 82 valence electrons. The third-order valence-electron chi connectivity index (χ3n) is 2.98. The molecule has 0 amide bonds. The second-order valence-electron chi connectivity index (χ2n) is 4.17. The summed E-state index contributed by atoms with van der Waals surface area (Å²) >= 11 is 0. The Labute approximate surface area is 91.6 Å². The number of benzene rings is 1. The number of ether oxygens (including phenoxy) is 1. The number of nitrogens with one attached hydrogen (secondary N) is 1. The van der Waals surface area contributed by atoms with Gasteiger partial charge in [0.2, 0.25) is 0 Å². The van der Waals surface area contributed by atoms with Crippen LogP contribution >= 0.6 is 0 Å². The molecule has 2 heteroatoms. The molecule has 1 N–H and O–H groups in total. The molecule has 1 aromatic carbocycles. The normalized spacial score (nSPS) is 20.5. The van der Waals surface area contributed by atoms with Gasteiger partial charge < -0.3 is 10.1 Å². The van der Waals surface area contributed by atoms with E-state index >= 15 is 0 Å². The van der Waals surface area contributed by atoms with Gasteiger partial charge in [0.25, 0.3) is 0 Å². The van der Waals surface area contributed by atoms with Crippen molar-refractivity contribution in [2.75, 3.05) is 19.7 Å². The molecule has 0 aliphatic carbocycles. The van der Waals surface area contributed by atoms with Crippen LogP contribution in [0.4, 0.5) is 0 Å². The van der Waals surface area contributed by atoms with E-state index in [1.165, 1.54) is 12.0 Å². The minimum Gasteiger partial charge on any atom is -0.493 e. The standard InChI is InChI=1S/C13H19NO/c1-2-11-3-5-13(6-4-11)15-10-12-7-8-14-9-12/h3-6,12,14H,2,7-10H2,1H3/t12-/m0/s1. The van der Waals surface area contributed by atoms with Crippen molar-refractivity contribution in [3.63, 3.8) is 0 Å². The van der Waals surface area contributed by atoms with Crippen LogP contribution in [0.15, 0.2) is 24.3 Å². The average molecular weight is 205 g/mol. The molecule has 1 saturated heterocycles. The van der Waals surface area contributed by atoms with E-state index in [1.807, 2.05) is 0 Å². The summed E-state index contributed by atoms with van der Waals surface area (Å²) in [4.78, 5) is 0.